The lowest BCUT2D eigenvalue weighted by Crippen LogP contribution is -2.43. The molecule has 1 aromatic heterocycles. The summed E-state index contributed by atoms with van der Waals surface area (Å²) in [5, 5.41) is 3.08. The van der Waals surface area contributed by atoms with Crippen molar-refractivity contribution in [1.82, 2.24) is 15.3 Å². The number of nitrogens with one attached hydrogen (secondary N) is 1. The van der Waals surface area contributed by atoms with E-state index in [1.807, 2.05) is 24.3 Å². The zero-order valence-electron chi connectivity index (χ0n) is 17.0. The fraction of sp³-hybridized carbons (Fsp3) is 0.292. The van der Waals surface area contributed by atoms with Gasteiger partial charge in [-0.25, -0.2) is 14.4 Å². The highest BCUT2D eigenvalue weighted by Crippen LogP contribution is 2.23. The van der Waals surface area contributed by atoms with Crippen LogP contribution in [-0.4, -0.2) is 29.0 Å². The number of anilines is 1. The van der Waals surface area contributed by atoms with Crippen molar-refractivity contribution in [1.29, 1.82) is 0 Å². The summed E-state index contributed by atoms with van der Waals surface area (Å²) in [5.74, 6) is 0.298. The fourth-order valence-corrected chi connectivity index (χ4v) is 3.81. The number of halogens is 1. The molecule has 30 heavy (non-hydrogen) atoms. The molecule has 154 valence electrons. The molecule has 2 heterocycles. The van der Waals surface area contributed by atoms with Crippen molar-refractivity contribution in [2.45, 2.75) is 26.3 Å². The van der Waals surface area contributed by atoms with Crippen LogP contribution in [0.25, 0.3) is 11.1 Å². The van der Waals surface area contributed by atoms with Crippen molar-refractivity contribution in [2.75, 3.05) is 18.0 Å². The van der Waals surface area contributed by atoms with Gasteiger partial charge in [-0.05, 0) is 48.6 Å². The summed E-state index contributed by atoms with van der Waals surface area (Å²) in [6.07, 6.45) is 5.19. The van der Waals surface area contributed by atoms with Gasteiger partial charge in [-0.1, -0.05) is 36.4 Å². The molecule has 1 saturated heterocycles. The van der Waals surface area contributed by atoms with E-state index in [-0.39, 0.29) is 17.6 Å². The maximum atomic E-state index is 13.4. The average molecular weight is 404 g/mol. The van der Waals surface area contributed by atoms with Crippen LogP contribution in [0, 0.1) is 18.7 Å². The molecule has 3 aromatic rings. The van der Waals surface area contributed by atoms with Gasteiger partial charge in [0.1, 0.15) is 5.82 Å². The molecule has 1 N–H and O–H groups in total. The number of nitrogens with zero attached hydrogens (tertiary/aromatic N) is 3. The van der Waals surface area contributed by atoms with Gasteiger partial charge in [0.05, 0.1) is 5.92 Å². The molecule has 1 aliphatic rings. The van der Waals surface area contributed by atoms with Crippen molar-refractivity contribution >= 4 is 11.9 Å². The molecule has 1 aliphatic heterocycles. The van der Waals surface area contributed by atoms with Crippen LogP contribution >= 0.6 is 0 Å². The molecule has 4 rings (SSSR count). The topological polar surface area (TPSA) is 58.1 Å². The summed E-state index contributed by atoms with van der Waals surface area (Å²) in [6, 6.07) is 14.5. The minimum atomic E-state index is -0.285. The van der Waals surface area contributed by atoms with E-state index in [1.165, 1.54) is 17.7 Å². The van der Waals surface area contributed by atoms with Gasteiger partial charge in [0.2, 0.25) is 11.9 Å². The minimum absolute atomic E-state index is 0.0688. The summed E-state index contributed by atoms with van der Waals surface area (Å²) in [6.45, 7) is 4.01. The van der Waals surface area contributed by atoms with E-state index in [4.69, 9.17) is 0 Å². The number of rotatable bonds is 5. The summed E-state index contributed by atoms with van der Waals surface area (Å²) >= 11 is 0. The van der Waals surface area contributed by atoms with Crippen LogP contribution in [0.4, 0.5) is 10.3 Å². The standard InChI is InChI=1S/C24H25FN4O/c1-17-6-2-3-7-19(17)13-26-23(30)20-9-5-11-29(16-20)24-27-14-21(15-28-24)18-8-4-10-22(25)12-18/h2-4,6-8,10,12,14-15,20H,5,9,11,13,16H2,1H3,(H,26,30)/t20-/m1/s1. The van der Waals surface area contributed by atoms with Crippen LogP contribution in [0.1, 0.15) is 24.0 Å². The molecule has 5 nitrogen and oxygen atoms in total. The van der Waals surface area contributed by atoms with Crippen molar-refractivity contribution < 1.29 is 9.18 Å². The molecule has 0 bridgehead atoms. The van der Waals surface area contributed by atoms with Crippen molar-refractivity contribution in [3.8, 4) is 11.1 Å². The zero-order chi connectivity index (χ0) is 20.9. The van der Waals surface area contributed by atoms with Gasteiger partial charge in [0, 0.05) is 37.6 Å². The Kier molecular flexibility index (Phi) is 6.02. The van der Waals surface area contributed by atoms with Crippen LogP contribution in [0.3, 0.4) is 0 Å². The van der Waals surface area contributed by atoms with E-state index >= 15 is 0 Å². The summed E-state index contributed by atoms with van der Waals surface area (Å²) < 4.78 is 13.4. The van der Waals surface area contributed by atoms with Crippen molar-refractivity contribution in [2.24, 2.45) is 5.92 Å². The molecule has 1 amide bonds. The predicted octanol–water partition coefficient (Wildman–Crippen LogP) is 4.12. The number of aryl methyl sites for hydroxylation is 1. The lowest BCUT2D eigenvalue weighted by atomic mass is 9.97. The molecule has 0 spiro atoms. The Labute approximate surface area is 176 Å². The van der Waals surface area contributed by atoms with Gasteiger partial charge in [-0.2, -0.15) is 0 Å². The molecule has 6 heteroatoms. The second-order valence-electron chi connectivity index (χ2n) is 7.71. The summed E-state index contributed by atoms with van der Waals surface area (Å²) in [5.41, 5.74) is 3.82. The first kappa shape index (κ1) is 20.0. The monoisotopic (exact) mass is 404 g/mol. The zero-order valence-corrected chi connectivity index (χ0v) is 17.0. The van der Waals surface area contributed by atoms with E-state index in [0.717, 1.165) is 36.1 Å². The highest BCUT2D eigenvalue weighted by molar-refractivity contribution is 5.79. The highest BCUT2D eigenvalue weighted by atomic mass is 19.1. The number of hydrogen-bond donors (Lipinski definition) is 1. The van der Waals surface area contributed by atoms with Crippen LogP contribution < -0.4 is 10.2 Å². The third-order valence-electron chi connectivity index (χ3n) is 5.59. The fourth-order valence-electron chi connectivity index (χ4n) is 3.81. The van der Waals surface area contributed by atoms with Gasteiger partial charge < -0.3 is 10.2 Å². The molecule has 0 saturated carbocycles. The summed E-state index contributed by atoms with van der Waals surface area (Å²) in [4.78, 5) is 23.7. The molecule has 0 unspecified atom stereocenters. The Balaban J connectivity index is 1.38. The van der Waals surface area contributed by atoms with E-state index in [1.54, 1.807) is 18.5 Å². The number of hydrogen-bond acceptors (Lipinski definition) is 4. The van der Waals surface area contributed by atoms with E-state index in [2.05, 4.69) is 33.2 Å². The maximum absolute atomic E-state index is 13.4. The van der Waals surface area contributed by atoms with E-state index in [0.29, 0.717) is 19.0 Å². The third-order valence-corrected chi connectivity index (χ3v) is 5.59. The normalized spacial score (nSPS) is 16.3. The van der Waals surface area contributed by atoms with E-state index in [9.17, 15) is 9.18 Å². The van der Waals surface area contributed by atoms with Gasteiger partial charge in [-0.3, -0.25) is 4.79 Å². The van der Waals surface area contributed by atoms with Gasteiger partial charge in [0.15, 0.2) is 0 Å². The van der Waals surface area contributed by atoms with Crippen LogP contribution in [-0.2, 0) is 11.3 Å². The molecule has 2 aromatic carbocycles. The Bertz CT molecular complexity index is 1020. The van der Waals surface area contributed by atoms with Crippen molar-refractivity contribution in [3.63, 3.8) is 0 Å². The Hall–Kier alpha value is -3.28. The molecule has 0 radical (unpaired) electrons. The quantitative estimate of drug-likeness (QED) is 0.695. The van der Waals surface area contributed by atoms with Gasteiger partial charge in [0.25, 0.3) is 0 Å². The first-order valence-corrected chi connectivity index (χ1v) is 10.3. The second kappa shape index (κ2) is 9.03. The van der Waals surface area contributed by atoms with Crippen molar-refractivity contribution in [3.05, 3.63) is 77.9 Å². The lowest BCUT2D eigenvalue weighted by molar-refractivity contribution is -0.125. The average Bonchev–Trinajstić information content (AvgIpc) is 2.78. The van der Waals surface area contributed by atoms with Crippen LogP contribution in [0.2, 0.25) is 0 Å². The van der Waals surface area contributed by atoms with Crippen LogP contribution in [0.5, 0.6) is 0 Å². The number of carbonyl (C=O) groups excluding carboxylic acids is 1. The van der Waals surface area contributed by atoms with Gasteiger partial charge >= 0.3 is 0 Å². The smallest absolute Gasteiger partial charge is 0.225 e. The number of benzene rings is 2. The van der Waals surface area contributed by atoms with E-state index < -0.39 is 0 Å². The number of carbonyl (C=O) groups is 1. The lowest BCUT2D eigenvalue weighted by Gasteiger charge is -2.32. The molecule has 1 fully saturated rings. The first-order valence-electron chi connectivity index (χ1n) is 10.3. The number of amides is 1. The Morgan fingerprint density at radius 1 is 1.13 bits per heavy atom. The Morgan fingerprint density at radius 2 is 1.93 bits per heavy atom. The molecular weight excluding hydrogens is 379 g/mol. The van der Waals surface area contributed by atoms with Gasteiger partial charge in [-0.15, -0.1) is 0 Å². The van der Waals surface area contributed by atoms with Crippen LogP contribution in [0.15, 0.2) is 60.9 Å². The maximum Gasteiger partial charge on any atom is 0.225 e. The molecule has 1 atom stereocenters. The second-order valence-corrected chi connectivity index (χ2v) is 7.71. The SMILES string of the molecule is Cc1ccccc1CNC(=O)[C@@H]1CCCN(c2ncc(-c3cccc(F)c3)cn2)C1. The molecule has 0 aliphatic carbocycles. The number of aromatic nitrogens is 2. The predicted molar refractivity (Wildman–Crippen MR) is 115 cm³/mol. The Morgan fingerprint density at radius 3 is 2.70 bits per heavy atom. The number of piperidine rings is 1. The highest BCUT2D eigenvalue weighted by Gasteiger charge is 2.27. The third kappa shape index (κ3) is 4.64. The first-order chi connectivity index (χ1) is 14.6. The largest absolute Gasteiger partial charge is 0.352 e. The summed E-state index contributed by atoms with van der Waals surface area (Å²) in [7, 11) is 0. The minimum Gasteiger partial charge on any atom is -0.352 e. The molecular formula is C24H25FN4O.